The number of hydrazine groups is 1. The van der Waals surface area contributed by atoms with Gasteiger partial charge in [0, 0.05) is 18.1 Å². The van der Waals surface area contributed by atoms with E-state index >= 15 is 0 Å². The minimum atomic E-state index is -0.0321. The van der Waals surface area contributed by atoms with E-state index in [-0.39, 0.29) is 6.04 Å². The van der Waals surface area contributed by atoms with E-state index in [1.807, 2.05) is 18.2 Å². The lowest BCUT2D eigenvalue weighted by Gasteiger charge is -2.19. The molecule has 1 unspecified atom stereocenters. The number of nitrogens with one attached hydrogen (secondary N) is 1. The van der Waals surface area contributed by atoms with Crippen LogP contribution in [0, 0.1) is 3.57 Å². The maximum Gasteiger partial charge on any atom is 0.0511 e. The topological polar surface area (TPSA) is 38.0 Å². The van der Waals surface area contributed by atoms with E-state index in [1.54, 1.807) is 12.1 Å². The van der Waals surface area contributed by atoms with E-state index in [4.69, 9.17) is 29.0 Å². The smallest absolute Gasteiger partial charge is 0.0511 e. The predicted molar refractivity (Wildman–Crippen MR) is 97.1 cm³/mol. The molecule has 0 bridgehead atoms. The van der Waals surface area contributed by atoms with Crippen LogP contribution >= 0.6 is 61.7 Å². The third-order valence-corrected chi connectivity index (χ3v) is 5.05. The van der Waals surface area contributed by atoms with Crippen molar-refractivity contribution in [3.63, 3.8) is 0 Å². The Morgan fingerprint density at radius 3 is 2.65 bits per heavy atom. The van der Waals surface area contributed by atoms with Crippen LogP contribution in [0.5, 0.6) is 0 Å². The monoisotopic (exact) mass is 484 g/mol. The molecule has 0 saturated carbocycles. The van der Waals surface area contributed by atoms with Gasteiger partial charge in [0.15, 0.2) is 0 Å². The first-order chi connectivity index (χ1) is 9.51. The van der Waals surface area contributed by atoms with E-state index < -0.39 is 0 Å². The number of nitrogens with two attached hydrogens (primary N) is 1. The average molecular weight is 486 g/mol. The van der Waals surface area contributed by atoms with Gasteiger partial charge >= 0.3 is 0 Å². The van der Waals surface area contributed by atoms with Crippen LogP contribution in [0.4, 0.5) is 0 Å². The van der Waals surface area contributed by atoms with Gasteiger partial charge in [-0.05, 0) is 76.5 Å². The summed E-state index contributed by atoms with van der Waals surface area (Å²) in [5.41, 5.74) is 4.95. The Labute approximate surface area is 150 Å². The molecule has 6 heteroatoms. The van der Waals surface area contributed by atoms with Gasteiger partial charge in [-0.25, -0.2) is 0 Å². The van der Waals surface area contributed by atoms with Crippen LogP contribution in [0.25, 0.3) is 0 Å². The highest BCUT2D eigenvalue weighted by Gasteiger charge is 2.16. The zero-order valence-electron chi connectivity index (χ0n) is 10.3. The summed E-state index contributed by atoms with van der Waals surface area (Å²) in [6.45, 7) is 0. The Balaban J connectivity index is 2.33. The fraction of sp³-hybridized carbons (Fsp3) is 0.143. The van der Waals surface area contributed by atoms with Crippen molar-refractivity contribution in [1.82, 2.24) is 5.43 Å². The molecule has 0 spiro atoms. The molecule has 3 N–H and O–H groups in total. The highest BCUT2D eigenvalue weighted by Crippen LogP contribution is 2.29. The second-order valence-electron chi connectivity index (χ2n) is 4.32. The number of hydrogen-bond acceptors (Lipinski definition) is 2. The van der Waals surface area contributed by atoms with E-state index in [0.29, 0.717) is 16.5 Å². The van der Waals surface area contributed by atoms with Crippen molar-refractivity contribution < 1.29 is 0 Å². The Morgan fingerprint density at radius 1 is 1.20 bits per heavy atom. The van der Waals surface area contributed by atoms with Gasteiger partial charge in [-0.15, -0.1) is 0 Å². The average Bonchev–Trinajstić information content (AvgIpc) is 2.42. The highest BCUT2D eigenvalue weighted by atomic mass is 127. The maximum atomic E-state index is 6.22. The third-order valence-electron chi connectivity index (χ3n) is 2.97. The Hall–Kier alpha value is 0.150. The fourth-order valence-electron chi connectivity index (χ4n) is 1.96. The normalized spacial score (nSPS) is 12.4. The number of hydrogen-bond donors (Lipinski definition) is 2. The van der Waals surface area contributed by atoms with Gasteiger partial charge in [-0.2, -0.15) is 0 Å². The maximum absolute atomic E-state index is 6.22. The van der Waals surface area contributed by atoms with Gasteiger partial charge in [0.25, 0.3) is 0 Å². The molecule has 0 amide bonds. The molecule has 2 aromatic rings. The minimum absolute atomic E-state index is 0.0321. The summed E-state index contributed by atoms with van der Waals surface area (Å²) in [7, 11) is 0. The van der Waals surface area contributed by atoms with Crippen LogP contribution in [0.3, 0.4) is 0 Å². The lowest BCUT2D eigenvalue weighted by molar-refractivity contribution is 0.549. The molecule has 2 rings (SSSR count). The SMILES string of the molecule is NNC(Cc1cc(Cl)ccc1Cl)c1cc(Br)ccc1I. The fourth-order valence-corrected chi connectivity index (χ4v) is 3.44. The number of rotatable bonds is 4. The minimum Gasteiger partial charge on any atom is -0.271 e. The van der Waals surface area contributed by atoms with Crippen LogP contribution in [-0.4, -0.2) is 0 Å². The first-order valence-electron chi connectivity index (χ1n) is 5.86. The number of halogens is 4. The zero-order valence-corrected chi connectivity index (χ0v) is 15.6. The van der Waals surface area contributed by atoms with Crippen molar-refractivity contribution in [2.45, 2.75) is 12.5 Å². The van der Waals surface area contributed by atoms with Gasteiger partial charge < -0.3 is 0 Å². The molecule has 0 aromatic heterocycles. The molecule has 0 radical (unpaired) electrons. The van der Waals surface area contributed by atoms with Crippen molar-refractivity contribution in [2.75, 3.05) is 0 Å². The lowest BCUT2D eigenvalue weighted by Crippen LogP contribution is -2.30. The summed E-state index contributed by atoms with van der Waals surface area (Å²) >= 11 is 18.0. The Bertz CT molecular complexity index is 622. The summed E-state index contributed by atoms with van der Waals surface area (Å²) in [4.78, 5) is 0. The molecule has 0 aliphatic carbocycles. The molecule has 0 fully saturated rings. The molecule has 20 heavy (non-hydrogen) atoms. The summed E-state index contributed by atoms with van der Waals surface area (Å²) < 4.78 is 2.16. The molecular weight excluding hydrogens is 474 g/mol. The number of benzene rings is 2. The first-order valence-corrected chi connectivity index (χ1v) is 8.49. The third kappa shape index (κ3) is 4.08. The highest BCUT2D eigenvalue weighted by molar-refractivity contribution is 14.1. The van der Waals surface area contributed by atoms with Crippen LogP contribution in [-0.2, 0) is 6.42 Å². The van der Waals surface area contributed by atoms with Gasteiger partial charge in [-0.1, -0.05) is 39.1 Å². The van der Waals surface area contributed by atoms with E-state index in [9.17, 15) is 0 Å². The second-order valence-corrected chi connectivity index (χ2v) is 7.25. The quantitative estimate of drug-likeness (QED) is 0.359. The lowest BCUT2D eigenvalue weighted by atomic mass is 9.99. The van der Waals surface area contributed by atoms with Gasteiger partial charge in [0.1, 0.15) is 0 Å². The van der Waals surface area contributed by atoms with Crippen molar-refractivity contribution in [3.05, 3.63) is 65.6 Å². The zero-order chi connectivity index (χ0) is 14.7. The molecule has 2 nitrogen and oxygen atoms in total. The van der Waals surface area contributed by atoms with Gasteiger partial charge in [-0.3, -0.25) is 11.3 Å². The van der Waals surface area contributed by atoms with E-state index in [2.05, 4.69) is 50.0 Å². The summed E-state index contributed by atoms with van der Waals surface area (Å²) in [6, 6.07) is 11.5. The molecule has 0 aliphatic rings. The Morgan fingerprint density at radius 2 is 1.95 bits per heavy atom. The van der Waals surface area contributed by atoms with Crippen LogP contribution in [0.2, 0.25) is 10.0 Å². The molecule has 0 heterocycles. The van der Waals surface area contributed by atoms with Crippen molar-refractivity contribution in [2.24, 2.45) is 5.84 Å². The molecular formula is C14H12BrCl2IN2. The Kier molecular flexibility index (Phi) is 6.13. The van der Waals surface area contributed by atoms with Crippen LogP contribution in [0.15, 0.2) is 40.9 Å². The van der Waals surface area contributed by atoms with Crippen molar-refractivity contribution in [3.8, 4) is 0 Å². The van der Waals surface area contributed by atoms with Gasteiger partial charge in [0.05, 0.1) is 6.04 Å². The molecule has 1 atom stereocenters. The van der Waals surface area contributed by atoms with Crippen molar-refractivity contribution >= 4 is 61.7 Å². The van der Waals surface area contributed by atoms with Gasteiger partial charge in [0.2, 0.25) is 0 Å². The molecule has 0 aliphatic heterocycles. The second kappa shape index (κ2) is 7.42. The molecule has 2 aromatic carbocycles. The van der Waals surface area contributed by atoms with Crippen LogP contribution < -0.4 is 11.3 Å². The summed E-state index contributed by atoms with van der Waals surface area (Å²) in [5.74, 6) is 5.72. The largest absolute Gasteiger partial charge is 0.271 e. The van der Waals surface area contributed by atoms with Crippen LogP contribution in [0.1, 0.15) is 17.2 Å². The first kappa shape index (κ1) is 16.5. The summed E-state index contributed by atoms with van der Waals surface area (Å²) in [5, 5.41) is 1.36. The van der Waals surface area contributed by atoms with E-state index in [1.165, 1.54) is 0 Å². The van der Waals surface area contributed by atoms with E-state index in [0.717, 1.165) is 19.2 Å². The predicted octanol–water partition coefficient (Wildman–Crippen LogP) is 5.11. The molecule has 0 saturated heterocycles. The standard InChI is InChI=1S/C14H12BrCl2IN2/c15-9-1-4-13(18)11(7-9)14(20-19)6-8-5-10(16)2-3-12(8)17/h1-5,7,14,20H,6,19H2. The van der Waals surface area contributed by atoms with Crippen molar-refractivity contribution in [1.29, 1.82) is 0 Å². The molecule has 106 valence electrons. The summed E-state index contributed by atoms with van der Waals surface area (Å²) in [6.07, 6.45) is 0.669.